The molecule has 0 unspecified atom stereocenters. The lowest BCUT2D eigenvalue weighted by Crippen LogP contribution is -2.08. The summed E-state index contributed by atoms with van der Waals surface area (Å²) in [5, 5.41) is 1.40. The van der Waals surface area contributed by atoms with Gasteiger partial charge >= 0.3 is 0 Å². The summed E-state index contributed by atoms with van der Waals surface area (Å²) in [6.07, 6.45) is 0. The van der Waals surface area contributed by atoms with E-state index in [2.05, 4.69) is 15.9 Å². The number of halogens is 2. The van der Waals surface area contributed by atoms with Crippen molar-refractivity contribution < 1.29 is 4.74 Å². The van der Waals surface area contributed by atoms with Crippen molar-refractivity contribution in [2.24, 2.45) is 0 Å². The number of hydrogen-bond donors (Lipinski definition) is 0. The van der Waals surface area contributed by atoms with Crippen molar-refractivity contribution in [2.75, 3.05) is 19.0 Å². The Morgan fingerprint density at radius 2 is 1.95 bits per heavy atom. The Morgan fingerprint density at radius 3 is 2.63 bits per heavy atom. The highest BCUT2D eigenvalue weighted by Gasteiger charge is 2.06. The van der Waals surface area contributed by atoms with Crippen LogP contribution in [0.5, 0.6) is 11.5 Å². The second-order valence-corrected chi connectivity index (χ2v) is 5.38. The van der Waals surface area contributed by atoms with Crippen LogP contribution >= 0.6 is 27.5 Å². The Kier molecular flexibility index (Phi) is 4.72. The highest BCUT2D eigenvalue weighted by atomic mass is 79.9. The Morgan fingerprint density at radius 1 is 1.16 bits per heavy atom. The van der Waals surface area contributed by atoms with E-state index < -0.39 is 0 Å². The van der Waals surface area contributed by atoms with Gasteiger partial charge in [-0.2, -0.15) is 0 Å². The number of nitrogens with zero attached hydrogens (tertiary/aromatic N) is 1. The molecule has 0 heterocycles. The molecule has 0 N–H and O–H groups in total. The normalized spacial score (nSPS) is 10.3. The lowest BCUT2D eigenvalue weighted by atomic mass is 10.2. The summed E-state index contributed by atoms with van der Waals surface area (Å²) in [5.41, 5.74) is 2.17. The van der Waals surface area contributed by atoms with Gasteiger partial charge in [-0.25, -0.2) is 0 Å². The van der Waals surface area contributed by atoms with E-state index in [0.29, 0.717) is 5.02 Å². The minimum atomic E-state index is 0.670. The van der Waals surface area contributed by atoms with E-state index in [9.17, 15) is 0 Å². The third-order valence-electron chi connectivity index (χ3n) is 2.74. The summed E-state index contributed by atoms with van der Waals surface area (Å²) in [6, 6.07) is 13.6. The van der Waals surface area contributed by atoms with E-state index in [-0.39, 0.29) is 0 Å². The van der Waals surface area contributed by atoms with Crippen molar-refractivity contribution in [3.8, 4) is 11.5 Å². The summed E-state index contributed by atoms with van der Waals surface area (Å²) in [7, 11) is 4.00. The van der Waals surface area contributed by atoms with Gasteiger partial charge in [0.05, 0.1) is 0 Å². The Labute approximate surface area is 127 Å². The van der Waals surface area contributed by atoms with Crippen molar-refractivity contribution in [2.45, 2.75) is 5.33 Å². The second-order valence-electron chi connectivity index (χ2n) is 4.38. The maximum absolute atomic E-state index is 6.02. The summed E-state index contributed by atoms with van der Waals surface area (Å²) >= 11 is 9.47. The summed E-state index contributed by atoms with van der Waals surface area (Å²) < 4.78 is 5.93. The van der Waals surface area contributed by atoms with Gasteiger partial charge in [-0.3, -0.25) is 0 Å². The quantitative estimate of drug-likeness (QED) is 0.719. The van der Waals surface area contributed by atoms with Crippen molar-refractivity contribution in [3.05, 3.63) is 53.1 Å². The largest absolute Gasteiger partial charge is 0.457 e. The molecule has 2 aromatic carbocycles. The molecule has 0 spiro atoms. The number of alkyl halides is 1. The van der Waals surface area contributed by atoms with Gasteiger partial charge in [-0.15, -0.1) is 0 Å². The Balaban J connectivity index is 2.30. The van der Waals surface area contributed by atoms with Crippen molar-refractivity contribution in [1.29, 1.82) is 0 Å². The molecule has 0 atom stereocenters. The van der Waals surface area contributed by atoms with Crippen LogP contribution in [-0.4, -0.2) is 14.1 Å². The molecule has 2 aromatic rings. The van der Waals surface area contributed by atoms with E-state index in [4.69, 9.17) is 16.3 Å². The number of anilines is 1. The molecule has 0 aliphatic rings. The average Bonchev–Trinajstić information content (AvgIpc) is 2.39. The molecule has 4 heteroatoms. The van der Waals surface area contributed by atoms with Crippen LogP contribution in [0, 0.1) is 0 Å². The average molecular weight is 341 g/mol. The minimum Gasteiger partial charge on any atom is -0.457 e. The minimum absolute atomic E-state index is 0.670. The fourth-order valence-corrected chi connectivity index (χ4v) is 2.31. The second kappa shape index (κ2) is 6.31. The first-order valence-electron chi connectivity index (χ1n) is 5.90. The van der Waals surface area contributed by atoms with Crippen LogP contribution in [0.15, 0.2) is 42.5 Å². The van der Waals surface area contributed by atoms with Crippen LogP contribution in [0.4, 0.5) is 5.69 Å². The third kappa shape index (κ3) is 3.64. The van der Waals surface area contributed by atoms with Crippen LogP contribution in [0.3, 0.4) is 0 Å². The lowest BCUT2D eigenvalue weighted by Gasteiger charge is -2.15. The predicted molar refractivity (Wildman–Crippen MR) is 84.9 cm³/mol. The molecule has 0 bridgehead atoms. The molecule has 0 aliphatic carbocycles. The smallest absolute Gasteiger partial charge is 0.132 e. The molecule has 0 radical (unpaired) electrons. The van der Waals surface area contributed by atoms with E-state index in [1.807, 2.05) is 61.5 Å². The summed E-state index contributed by atoms with van der Waals surface area (Å²) in [4.78, 5) is 2.04. The predicted octanol–water partition coefficient (Wildman–Crippen LogP) is 5.09. The maximum atomic E-state index is 6.02. The van der Waals surface area contributed by atoms with Crippen LogP contribution in [0.1, 0.15) is 5.56 Å². The highest BCUT2D eigenvalue weighted by molar-refractivity contribution is 9.08. The fraction of sp³-hybridized carbons (Fsp3) is 0.200. The molecular weight excluding hydrogens is 326 g/mol. The first-order valence-corrected chi connectivity index (χ1v) is 7.39. The molecule has 19 heavy (non-hydrogen) atoms. The van der Waals surface area contributed by atoms with Gasteiger partial charge in [0.15, 0.2) is 0 Å². The fourth-order valence-electron chi connectivity index (χ4n) is 1.69. The Hall–Kier alpha value is -1.19. The van der Waals surface area contributed by atoms with Gasteiger partial charge in [-0.05, 0) is 24.3 Å². The van der Waals surface area contributed by atoms with Gasteiger partial charge in [0.2, 0.25) is 0 Å². The monoisotopic (exact) mass is 339 g/mol. The molecule has 2 nitrogen and oxygen atoms in total. The van der Waals surface area contributed by atoms with Crippen LogP contribution in [0.2, 0.25) is 5.02 Å². The standard InChI is InChI=1S/C15H15BrClNO/c1-18(2)13-4-3-5-14(9-13)19-15-8-12(17)7-6-11(15)10-16/h3-9H,10H2,1-2H3. The maximum Gasteiger partial charge on any atom is 0.132 e. The molecule has 0 aromatic heterocycles. The zero-order valence-electron chi connectivity index (χ0n) is 10.9. The van der Waals surface area contributed by atoms with Crippen LogP contribution < -0.4 is 9.64 Å². The zero-order valence-corrected chi connectivity index (χ0v) is 13.2. The third-order valence-corrected chi connectivity index (χ3v) is 3.57. The lowest BCUT2D eigenvalue weighted by molar-refractivity contribution is 0.478. The topological polar surface area (TPSA) is 12.5 Å². The van der Waals surface area contributed by atoms with Gasteiger partial charge in [0, 0.05) is 41.8 Å². The Bertz CT molecular complexity index is 572. The molecule has 100 valence electrons. The van der Waals surface area contributed by atoms with E-state index >= 15 is 0 Å². The van der Waals surface area contributed by atoms with Gasteiger partial charge in [0.25, 0.3) is 0 Å². The van der Waals surface area contributed by atoms with Gasteiger partial charge in [0.1, 0.15) is 11.5 Å². The first-order chi connectivity index (χ1) is 9.10. The molecular formula is C15H15BrClNO. The molecule has 0 amide bonds. The van der Waals surface area contributed by atoms with Crippen molar-refractivity contribution in [1.82, 2.24) is 0 Å². The highest BCUT2D eigenvalue weighted by Crippen LogP contribution is 2.31. The van der Waals surface area contributed by atoms with Crippen LogP contribution in [0.25, 0.3) is 0 Å². The van der Waals surface area contributed by atoms with Crippen molar-refractivity contribution >= 4 is 33.2 Å². The number of benzene rings is 2. The van der Waals surface area contributed by atoms with Crippen molar-refractivity contribution in [3.63, 3.8) is 0 Å². The molecule has 0 fully saturated rings. The number of rotatable bonds is 4. The van der Waals surface area contributed by atoms with E-state index in [0.717, 1.165) is 28.1 Å². The van der Waals surface area contributed by atoms with Gasteiger partial charge < -0.3 is 9.64 Å². The van der Waals surface area contributed by atoms with Crippen LogP contribution in [-0.2, 0) is 5.33 Å². The molecule has 0 saturated carbocycles. The summed E-state index contributed by atoms with van der Waals surface area (Å²) in [6.45, 7) is 0. The molecule has 0 aliphatic heterocycles. The van der Waals surface area contributed by atoms with E-state index in [1.54, 1.807) is 0 Å². The van der Waals surface area contributed by atoms with E-state index in [1.165, 1.54) is 0 Å². The number of hydrogen-bond acceptors (Lipinski definition) is 2. The summed E-state index contributed by atoms with van der Waals surface area (Å²) in [5.74, 6) is 1.58. The van der Waals surface area contributed by atoms with Gasteiger partial charge in [-0.1, -0.05) is 39.7 Å². The molecule has 2 rings (SSSR count). The zero-order chi connectivity index (χ0) is 13.8. The first kappa shape index (κ1) is 14.2. The molecule has 0 saturated heterocycles. The number of ether oxygens (including phenoxy) is 1. The SMILES string of the molecule is CN(C)c1cccc(Oc2cc(Cl)ccc2CBr)c1.